The molecule has 0 unspecified atom stereocenters. The molecule has 0 aliphatic heterocycles. The highest BCUT2D eigenvalue weighted by molar-refractivity contribution is 5.80. The Hall–Kier alpha value is -2.69. The summed E-state index contributed by atoms with van der Waals surface area (Å²) >= 11 is 0. The molecule has 0 saturated heterocycles. The highest BCUT2D eigenvalue weighted by Crippen LogP contribution is 2.22. The summed E-state index contributed by atoms with van der Waals surface area (Å²) in [6.07, 6.45) is 1.67. The van der Waals surface area contributed by atoms with Crippen molar-refractivity contribution >= 4 is 16.9 Å². The molecule has 1 atom stereocenters. The number of benzene rings is 2. The summed E-state index contributed by atoms with van der Waals surface area (Å²) < 4.78 is 14.9. The van der Waals surface area contributed by atoms with Gasteiger partial charge in [0.2, 0.25) is 5.91 Å². The van der Waals surface area contributed by atoms with Gasteiger partial charge in [-0.3, -0.25) is 4.79 Å². The fraction of sp³-hybridized carbons (Fsp3) is 0.263. The van der Waals surface area contributed by atoms with Gasteiger partial charge in [-0.25, -0.2) is 9.37 Å². The summed E-state index contributed by atoms with van der Waals surface area (Å²) in [7, 11) is 0. The molecule has 0 bridgehead atoms. The van der Waals surface area contributed by atoms with E-state index < -0.39 is 0 Å². The molecular weight excluding hydrogens is 305 g/mol. The molecule has 1 amide bonds. The highest BCUT2D eigenvalue weighted by Gasteiger charge is 2.19. The number of para-hydroxylation sites is 2. The zero-order valence-electron chi connectivity index (χ0n) is 13.7. The Bertz CT molecular complexity index is 839. The van der Waals surface area contributed by atoms with Crippen LogP contribution in [0.25, 0.3) is 11.0 Å². The van der Waals surface area contributed by atoms with Crippen LogP contribution in [0.1, 0.15) is 25.5 Å². The van der Waals surface area contributed by atoms with Crippen LogP contribution in [0.2, 0.25) is 0 Å². The van der Waals surface area contributed by atoms with Crippen LogP contribution in [0, 0.1) is 11.7 Å². The predicted octanol–water partition coefficient (Wildman–Crippen LogP) is 3.69. The van der Waals surface area contributed by atoms with Gasteiger partial charge in [-0.1, -0.05) is 38.1 Å². The van der Waals surface area contributed by atoms with Crippen molar-refractivity contribution in [2.24, 2.45) is 5.92 Å². The first-order valence-electron chi connectivity index (χ1n) is 7.99. The SMILES string of the molecule is CC(C)[C@H](NC(=O)Cn1cnc2ccccc21)c1ccc(F)cc1. The maximum atomic E-state index is 13.1. The van der Waals surface area contributed by atoms with Crippen LogP contribution in [0.15, 0.2) is 54.9 Å². The number of hydrogen-bond acceptors (Lipinski definition) is 2. The van der Waals surface area contributed by atoms with Crippen molar-refractivity contribution in [3.05, 3.63) is 66.2 Å². The lowest BCUT2D eigenvalue weighted by Crippen LogP contribution is -2.34. The van der Waals surface area contributed by atoms with Gasteiger partial charge >= 0.3 is 0 Å². The van der Waals surface area contributed by atoms with Crippen molar-refractivity contribution in [2.45, 2.75) is 26.4 Å². The van der Waals surface area contributed by atoms with E-state index in [-0.39, 0.29) is 30.2 Å². The summed E-state index contributed by atoms with van der Waals surface area (Å²) in [5.41, 5.74) is 2.69. The lowest BCUT2D eigenvalue weighted by atomic mass is 9.96. The smallest absolute Gasteiger partial charge is 0.240 e. The van der Waals surface area contributed by atoms with Gasteiger partial charge in [-0.05, 0) is 35.7 Å². The number of nitrogens with one attached hydrogen (secondary N) is 1. The van der Waals surface area contributed by atoms with Gasteiger partial charge in [0.05, 0.1) is 23.4 Å². The van der Waals surface area contributed by atoms with Crippen molar-refractivity contribution in [2.75, 3.05) is 0 Å². The zero-order valence-corrected chi connectivity index (χ0v) is 13.7. The monoisotopic (exact) mass is 325 g/mol. The maximum Gasteiger partial charge on any atom is 0.240 e. The average Bonchev–Trinajstić information content (AvgIpc) is 2.96. The Morgan fingerprint density at radius 2 is 1.88 bits per heavy atom. The molecule has 0 aliphatic rings. The molecule has 0 aliphatic carbocycles. The van der Waals surface area contributed by atoms with E-state index in [2.05, 4.69) is 10.3 Å². The second-order valence-corrected chi connectivity index (χ2v) is 6.20. The predicted molar refractivity (Wildman–Crippen MR) is 91.9 cm³/mol. The van der Waals surface area contributed by atoms with E-state index in [1.165, 1.54) is 12.1 Å². The molecule has 24 heavy (non-hydrogen) atoms. The van der Waals surface area contributed by atoms with Gasteiger partial charge in [0, 0.05) is 0 Å². The molecule has 1 aromatic heterocycles. The Labute approximate surface area is 140 Å². The van der Waals surface area contributed by atoms with Crippen LogP contribution in [0.5, 0.6) is 0 Å². The third-order valence-corrected chi connectivity index (χ3v) is 4.05. The van der Waals surface area contributed by atoms with Gasteiger partial charge in [0.1, 0.15) is 12.4 Å². The Morgan fingerprint density at radius 3 is 2.58 bits per heavy atom. The topological polar surface area (TPSA) is 46.9 Å². The summed E-state index contributed by atoms with van der Waals surface area (Å²) in [4.78, 5) is 16.8. The number of hydrogen-bond donors (Lipinski definition) is 1. The normalized spacial score (nSPS) is 12.5. The minimum absolute atomic E-state index is 0.0961. The Balaban J connectivity index is 1.75. The molecular formula is C19H20FN3O. The lowest BCUT2D eigenvalue weighted by Gasteiger charge is -2.23. The van der Waals surface area contributed by atoms with Crippen LogP contribution < -0.4 is 5.32 Å². The maximum absolute atomic E-state index is 13.1. The third kappa shape index (κ3) is 3.45. The first-order chi connectivity index (χ1) is 11.5. The summed E-state index contributed by atoms with van der Waals surface area (Å²) in [6, 6.07) is 13.8. The Morgan fingerprint density at radius 1 is 1.17 bits per heavy atom. The molecule has 0 saturated carbocycles. The molecule has 124 valence electrons. The largest absolute Gasteiger partial charge is 0.347 e. The van der Waals surface area contributed by atoms with Crippen LogP contribution >= 0.6 is 0 Å². The summed E-state index contributed by atoms with van der Waals surface area (Å²) in [5.74, 6) is -0.183. The number of halogens is 1. The van der Waals surface area contributed by atoms with E-state index in [0.29, 0.717) is 0 Å². The Kier molecular flexibility index (Phi) is 4.60. The fourth-order valence-electron chi connectivity index (χ4n) is 2.82. The third-order valence-electron chi connectivity index (χ3n) is 4.05. The van der Waals surface area contributed by atoms with Crippen molar-refractivity contribution in [3.63, 3.8) is 0 Å². The molecule has 0 radical (unpaired) electrons. The van der Waals surface area contributed by atoms with E-state index in [1.54, 1.807) is 18.5 Å². The molecule has 3 aromatic rings. The van der Waals surface area contributed by atoms with Gasteiger partial charge in [-0.2, -0.15) is 0 Å². The average molecular weight is 325 g/mol. The molecule has 3 rings (SSSR count). The van der Waals surface area contributed by atoms with Crippen molar-refractivity contribution in [3.8, 4) is 0 Å². The highest BCUT2D eigenvalue weighted by atomic mass is 19.1. The van der Waals surface area contributed by atoms with Crippen LogP contribution in [0.4, 0.5) is 4.39 Å². The van der Waals surface area contributed by atoms with E-state index >= 15 is 0 Å². The van der Waals surface area contributed by atoms with Crippen LogP contribution in [-0.2, 0) is 11.3 Å². The number of nitrogens with zero attached hydrogens (tertiary/aromatic N) is 2. The molecule has 4 nitrogen and oxygen atoms in total. The quantitative estimate of drug-likeness (QED) is 0.778. The molecule has 2 aromatic carbocycles. The minimum Gasteiger partial charge on any atom is -0.347 e. The fourth-order valence-corrected chi connectivity index (χ4v) is 2.82. The summed E-state index contributed by atoms with van der Waals surface area (Å²) in [5, 5.41) is 3.05. The van der Waals surface area contributed by atoms with Crippen LogP contribution in [0.3, 0.4) is 0 Å². The number of carbonyl (C=O) groups is 1. The zero-order chi connectivity index (χ0) is 17.1. The number of imidazole rings is 1. The van der Waals surface area contributed by atoms with Gasteiger partial charge in [-0.15, -0.1) is 0 Å². The number of carbonyl (C=O) groups excluding carboxylic acids is 1. The van der Waals surface area contributed by atoms with Crippen LogP contribution in [-0.4, -0.2) is 15.5 Å². The number of aromatic nitrogens is 2. The molecule has 1 N–H and O–H groups in total. The molecule has 0 fully saturated rings. The molecule has 0 spiro atoms. The first kappa shape index (κ1) is 16.2. The molecule has 5 heteroatoms. The van der Waals surface area contributed by atoms with E-state index in [9.17, 15) is 9.18 Å². The van der Waals surface area contributed by atoms with Gasteiger partial charge in [0.25, 0.3) is 0 Å². The number of amides is 1. The lowest BCUT2D eigenvalue weighted by molar-refractivity contribution is -0.122. The van der Waals surface area contributed by atoms with E-state index in [1.807, 2.05) is 42.7 Å². The second kappa shape index (κ2) is 6.83. The van der Waals surface area contributed by atoms with Crippen molar-refractivity contribution < 1.29 is 9.18 Å². The van der Waals surface area contributed by atoms with Gasteiger partial charge in [0.15, 0.2) is 0 Å². The first-order valence-corrected chi connectivity index (χ1v) is 7.99. The minimum atomic E-state index is -0.280. The van der Waals surface area contributed by atoms with Crippen molar-refractivity contribution in [1.82, 2.24) is 14.9 Å². The standard InChI is InChI=1S/C19H20FN3O/c1-13(2)19(14-7-9-15(20)10-8-14)22-18(24)11-23-12-21-16-5-3-4-6-17(16)23/h3-10,12-13,19H,11H2,1-2H3,(H,22,24)/t19-/m0/s1. The van der Waals surface area contributed by atoms with Gasteiger partial charge < -0.3 is 9.88 Å². The summed E-state index contributed by atoms with van der Waals surface area (Å²) in [6.45, 7) is 4.26. The second-order valence-electron chi connectivity index (χ2n) is 6.20. The van der Waals surface area contributed by atoms with Crippen molar-refractivity contribution in [1.29, 1.82) is 0 Å². The van der Waals surface area contributed by atoms with E-state index in [0.717, 1.165) is 16.6 Å². The number of rotatable bonds is 5. The molecule has 1 heterocycles. The van der Waals surface area contributed by atoms with E-state index in [4.69, 9.17) is 0 Å². The number of fused-ring (bicyclic) bond motifs is 1.